The first-order valence-corrected chi connectivity index (χ1v) is 6.76. The predicted molar refractivity (Wildman–Crippen MR) is 62.4 cm³/mol. The fourth-order valence-corrected chi connectivity index (χ4v) is 2.29. The molecule has 2 heteroatoms. The molecule has 0 amide bonds. The van der Waals surface area contributed by atoms with Crippen molar-refractivity contribution in [2.75, 3.05) is 18.6 Å². The number of thioether (sulfide) groups is 1. The molecule has 1 fully saturated rings. The zero-order valence-electron chi connectivity index (χ0n) is 9.23. The highest BCUT2D eigenvalue weighted by Crippen LogP contribution is 2.34. The van der Waals surface area contributed by atoms with E-state index in [0.717, 1.165) is 6.04 Å². The molecule has 0 unspecified atom stereocenters. The largest absolute Gasteiger partial charge is 0.313 e. The molecule has 1 N–H and O–H groups in total. The summed E-state index contributed by atoms with van der Waals surface area (Å²) in [5.41, 5.74) is 0.609. The number of nitrogens with one attached hydrogen (secondary N) is 1. The summed E-state index contributed by atoms with van der Waals surface area (Å²) in [6.07, 6.45) is 7.71. The molecule has 0 atom stereocenters. The molecule has 0 radical (unpaired) electrons. The van der Waals surface area contributed by atoms with Crippen molar-refractivity contribution >= 4 is 11.8 Å². The maximum Gasteiger partial charge on any atom is 0.00678 e. The molecule has 0 heterocycles. The Morgan fingerprint density at radius 3 is 2.46 bits per heavy atom. The van der Waals surface area contributed by atoms with E-state index in [4.69, 9.17) is 0 Å². The van der Waals surface area contributed by atoms with Gasteiger partial charge in [-0.1, -0.05) is 13.8 Å². The zero-order valence-corrected chi connectivity index (χ0v) is 10.0. The van der Waals surface area contributed by atoms with Gasteiger partial charge in [0.1, 0.15) is 0 Å². The van der Waals surface area contributed by atoms with Crippen LogP contribution in [0.3, 0.4) is 0 Å². The Bertz CT molecular complexity index is 135. The van der Waals surface area contributed by atoms with Crippen LogP contribution in [0, 0.1) is 5.41 Å². The second-order valence-corrected chi connectivity index (χ2v) is 5.87. The standard InChI is InChI=1S/C11H23NS/c1-11(2)6-4-10(5-7-11)12-8-9-13-3/h10,12H,4-9H2,1-3H3. The quantitative estimate of drug-likeness (QED) is 0.702. The Morgan fingerprint density at radius 2 is 1.92 bits per heavy atom. The van der Waals surface area contributed by atoms with Crippen molar-refractivity contribution in [3.63, 3.8) is 0 Å². The number of hydrogen-bond donors (Lipinski definition) is 1. The Hall–Kier alpha value is 0.310. The van der Waals surface area contributed by atoms with Gasteiger partial charge in [0.15, 0.2) is 0 Å². The van der Waals surface area contributed by atoms with Crippen LogP contribution in [0.4, 0.5) is 0 Å². The van der Waals surface area contributed by atoms with Gasteiger partial charge in [-0.2, -0.15) is 11.8 Å². The van der Waals surface area contributed by atoms with Gasteiger partial charge in [0.2, 0.25) is 0 Å². The molecular weight excluding hydrogens is 178 g/mol. The van der Waals surface area contributed by atoms with Gasteiger partial charge in [0, 0.05) is 18.3 Å². The average Bonchev–Trinajstić information content (AvgIpc) is 2.08. The van der Waals surface area contributed by atoms with Gasteiger partial charge < -0.3 is 5.32 Å². The normalized spacial score (nSPS) is 23.3. The molecule has 1 aliphatic carbocycles. The van der Waals surface area contributed by atoms with E-state index in [9.17, 15) is 0 Å². The lowest BCUT2D eigenvalue weighted by Gasteiger charge is -2.34. The summed E-state index contributed by atoms with van der Waals surface area (Å²) in [5, 5.41) is 3.64. The lowest BCUT2D eigenvalue weighted by molar-refractivity contribution is 0.208. The van der Waals surface area contributed by atoms with E-state index in [1.54, 1.807) is 0 Å². The lowest BCUT2D eigenvalue weighted by atomic mass is 9.75. The van der Waals surface area contributed by atoms with Gasteiger partial charge in [-0.25, -0.2) is 0 Å². The van der Waals surface area contributed by atoms with E-state index in [1.165, 1.54) is 38.0 Å². The predicted octanol–water partition coefficient (Wildman–Crippen LogP) is 2.91. The van der Waals surface area contributed by atoms with E-state index < -0.39 is 0 Å². The van der Waals surface area contributed by atoms with Crippen LogP contribution >= 0.6 is 11.8 Å². The zero-order chi connectivity index (χ0) is 9.73. The molecule has 1 rings (SSSR count). The van der Waals surface area contributed by atoms with Crippen molar-refractivity contribution in [3.8, 4) is 0 Å². The van der Waals surface area contributed by atoms with E-state index in [2.05, 4.69) is 25.4 Å². The van der Waals surface area contributed by atoms with Crippen LogP contribution in [0.25, 0.3) is 0 Å². The third-order valence-corrected chi connectivity index (χ3v) is 3.69. The summed E-state index contributed by atoms with van der Waals surface area (Å²) in [5.74, 6) is 1.25. The van der Waals surface area contributed by atoms with Crippen molar-refractivity contribution in [1.29, 1.82) is 0 Å². The second kappa shape index (κ2) is 5.26. The summed E-state index contributed by atoms with van der Waals surface area (Å²) in [6, 6.07) is 0.806. The summed E-state index contributed by atoms with van der Waals surface area (Å²) < 4.78 is 0. The van der Waals surface area contributed by atoms with Crippen molar-refractivity contribution in [2.45, 2.75) is 45.6 Å². The Balaban J connectivity index is 2.11. The first-order valence-electron chi connectivity index (χ1n) is 5.36. The highest BCUT2D eigenvalue weighted by Gasteiger charge is 2.25. The van der Waals surface area contributed by atoms with Crippen LogP contribution in [0.5, 0.6) is 0 Å². The Morgan fingerprint density at radius 1 is 1.31 bits per heavy atom. The average molecular weight is 201 g/mol. The monoisotopic (exact) mass is 201 g/mol. The fraction of sp³-hybridized carbons (Fsp3) is 1.00. The molecule has 1 aliphatic rings. The van der Waals surface area contributed by atoms with E-state index in [0.29, 0.717) is 5.41 Å². The molecule has 0 aliphatic heterocycles. The summed E-state index contributed by atoms with van der Waals surface area (Å²) in [4.78, 5) is 0. The maximum absolute atomic E-state index is 3.64. The lowest BCUT2D eigenvalue weighted by Crippen LogP contribution is -2.36. The van der Waals surface area contributed by atoms with E-state index in [-0.39, 0.29) is 0 Å². The molecule has 1 saturated carbocycles. The van der Waals surface area contributed by atoms with Crippen LogP contribution in [0.15, 0.2) is 0 Å². The first kappa shape index (κ1) is 11.4. The second-order valence-electron chi connectivity index (χ2n) is 4.89. The topological polar surface area (TPSA) is 12.0 Å². The minimum Gasteiger partial charge on any atom is -0.313 e. The minimum absolute atomic E-state index is 0.609. The molecule has 0 saturated heterocycles. The van der Waals surface area contributed by atoms with Crippen molar-refractivity contribution in [2.24, 2.45) is 5.41 Å². The summed E-state index contributed by atoms with van der Waals surface area (Å²) >= 11 is 1.93. The SMILES string of the molecule is CSCCNC1CCC(C)(C)CC1. The smallest absolute Gasteiger partial charge is 0.00678 e. The molecular formula is C11H23NS. The van der Waals surface area contributed by atoms with Gasteiger partial charge in [-0.3, -0.25) is 0 Å². The third kappa shape index (κ3) is 4.37. The summed E-state index contributed by atoms with van der Waals surface area (Å²) in [6.45, 7) is 5.97. The highest BCUT2D eigenvalue weighted by atomic mass is 32.2. The van der Waals surface area contributed by atoms with Crippen molar-refractivity contribution in [1.82, 2.24) is 5.32 Å². The summed E-state index contributed by atoms with van der Waals surface area (Å²) in [7, 11) is 0. The van der Waals surface area contributed by atoms with Crippen LogP contribution in [-0.2, 0) is 0 Å². The highest BCUT2D eigenvalue weighted by molar-refractivity contribution is 7.98. The number of rotatable bonds is 4. The van der Waals surface area contributed by atoms with Crippen LogP contribution in [0.2, 0.25) is 0 Å². The Kier molecular flexibility index (Phi) is 4.60. The van der Waals surface area contributed by atoms with E-state index in [1.807, 2.05) is 11.8 Å². The molecule has 0 aromatic heterocycles. The molecule has 1 nitrogen and oxygen atoms in total. The van der Waals surface area contributed by atoms with Crippen LogP contribution in [0.1, 0.15) is 39.5 Å². The fourth-order valence-electron chi connectivity index (χ4n) is 1.97. The molecule has 13 heavy (non-hydrogen) atoms. The molecule has 0 aromatic rings. The van der Waals surface area contributed by atoms with Crippen LogP contribution in [-0.4, -0.2) is 24.6 Å². The molecule has 0 aromatic carbocycles. The van der Waals surface area contributed by atoms with Gasteiger partial charge in [0.25, 0.3) is 0 Å². The molecule has 78 valence electrons. The number of hydrogen-bond acceptors (Lipinski definition) is 2. The minimum atomic E-state index is 0.609. The first-order chi connectivity index (χ1) is 6.14. The van der Waals surface area contributed by atoms with Gasteiger partial charge >= 0.3 is 0 Å². The van der Waals surface area contributed by atoms with Crippen LogP contribution < -0.4 is 5.32 Å². The maximum atomic E-state index is 3.64. The van der Waals surface area contributed by atoms with Gasteiger partial charge in [0.05, 0.1) is 0 Å². The van der Waals surface area contributed by atoms with Crippen molar-refractivity contribution < 1.29 is 0 Å². The third-order valence-electron chi connectivity index (χ3n) is 3.08. The van der Waals surface area contributed by atoms with Crippen molar-refractivity contribution in [3.05, 3.63) is 0 Å². The molecule has 0 bridgehead atoms. The van der Waals surface area contributed by atoms with Gasteiger partial charge in [-0.05, 0) is 37.4 Å². The Labute approximate surface area is 87.1 Å². The van der Waals surface area contributed by atoms with E-state index >= 15 is 0 Å². The molecule has 0 spiro atoms. The van der Waals surface area contributed by atoms with Gasteiger partial charge in [-0.15, -0.1) is 0 Å².